The fourth-order valence-corrected chi connectivity index (χ4v) is 20.0. The Morgan fingerprint density at radius 2 is 0.321 bits per heavy atom. The normalized spacial score (nSPS) is 12.3. The van der Waals surface area contributed by atoms with E-state index in [0.717, 1.165) is 0 Å². The van der Waals surface area contributed by atoms with E-state index in [-0.39, 0.29) is 0 Å². The smallest absolute Gasteiger partial charge is 0.00204 e. The molecule has 0 spiro atoms. The zero-order valence-electron chi connectivity index (χ0n) is 59.7. The van der Waals surface area contributed by atoms with Gasteiger partial charge in [0.25, 0.3) is 0 Å². The topological polar surface area (TPSA) is 0 Å². The van der Waals surface area contributed by atoms with Crippen molar-refractivity contribution in [2.24, 2.45) is 0 Å². The maximum atomic E-state index is 2.46. The molecular formula is C109H64. The van der Waals surface area contributed by atoms with Gasteiger partial charge >= 0.3 is 0 Å². The minimum atomic E-state index is 1.22. The van der Waals surface area contributed by atoms with Gasteiger partial charge in [-0.1, -0.05) is 328 Å². The average Bonchev–Trinajstić information content (AvgIpc) is 0.726. The summed E-state index contributed by atoms with van der Waals surface area (Å²) in [5, 5.41) is 45.2. The lowest BCUT2D eigenvalue weighted by molar-refractivity contribution is 1.59. The van der Waals surface area contributed by atoms with Crippen molar-refractivity contribution in [3.63, 3.8) is 0 Å². The minimum absolute atomic E-state index is 1.22. The van der Waals surface area contributed by atoms with Crippen molar-refractivity contribution in [1.29, 1.82) is 0 Å². The summed E-state index contributed by atoms with van der Waals surface area (Å²) in [6.07, 6.45) is 0. The highest BCUT2D eigenvalue weighted by atomic mass is 14.3. The molecule has 24 aromatic rings. The molecule has 0 heterocycles. The highest BCUT2D eigenvalue weighted by molar-refractivity contribution is 6.32. The number of hydrogen-bond acceptors (Lipinski definition) is 0. The Kier molecular flexibility index (Phi) is 12.7. The molecule has 0 amide bonds. The van der Waals surface area contributed by atoms with Crippen LogP contribution in [-0.4, -0.2) is 0 Å². The van der Waals surface area contributed by atoms with Gasteiger partial charge in [0.2, 0.25) is 0 Å². The van der Waals surface area contributed by atoms with E-state index < -0.39 is 0 Å². The molecule has 0 saturated carbocycles. The Bertz CT molecular complexity index is 8230. The number of rotatable bonds is 5. The molecule has 0 bridgehead atoms. The number of hydrogen-bond donors (Lipinski definition) is 0. The lowest BCUT2D eigenvalue weighted by Crippen LogP contribution is -1.92. The molecule has 0 aromatic heterocycles. The van der Waals surface area contributed by atoms with E-state index in [1.807, 2.05) is 0 Å². The van der Waals surface area contributed by atoms with Crippen LogP contribution in [-0.2, 0) is 0 Å². The minimum Gasteiger partial charge on any atom is -0.0616 e. The second kappa shape index (κ2) is 23.0. The van der Waals surface area contributed by atoms with Crippen molar-refractivity contribution in [3.8, 4) is 55.6 Å². The van der Waals surface area contributed by atoms with Gasteiger partial charge in [-0.25, -0.2) is 0 Å². The highest BCUT2D eigenvalue weighted by Gasteiger charge is 2.24. The molecule has 0 nitrogen and oxygen atoms in total. The number of aryl methyl sites for hydroxylation is 1. The van der Waals surface area contributed by atoms with Crippen molar-refractivity contribution in [2.45, 2.75) is 6.92 Å². The molecule has 0 saturated heterocycles. The fourth-order valence-electron chi connectivity index (χ4n) is 20.0. The zero-order chi connectivity index (χ0) is 71.3. The Labute approximate surface area is 627 Å². The second-order valence-corrected chi connectivity index (χ2v) is 30.3. The van der Waals surface area contributed by atoms with Gasteiger partial charge in [-0.15, -0.1) is 0 Å². The molecule has 0 unspecified atom stereocenters. The molecule has 0 N–H and O–H groups in total. The summed E-state index contributed by atoms with van der Waals surface area (Å²) in [5.74, 6) is 0. The van der Waals surface area contributed by atoms with Crippen LogP contribution in [0.2, 0.25) is 0 Å². The first-order valence-electron chi connectivity index (χ1n) is 38.2. The van der Waals surface area contributed by atoms with E-state index in [9.17, 15) is 0 Å². The van der Waals surface area contributed by atoms with Gasteiger partial charge in [-0.05, 0) is 304 Å². The third-order valence-corrected chi connectivity index (χ3v) is 24.9. The average molecular weight is 1370 g/mol. The van der Waals surface area contributed by atoms with Crippen LogP contribution in [0.4, 0.5) is 0 Å². The first kappa shape index (κ1) is 60.3. The summed E-state index contributed by atoms with van der Waals surface area (Å²) < 4.78 is 0. The summed E-state index contributed by atoms with van der Waals surface area (Å²) in [5.41, 5.74) is 13.8. The Balaban J connectivity index is 0.663. The van der Waals surface area contributed by atoms with Crippen molar-refractivity contribution in [2.75, 3.05) is 0 Å². The van der Waals surface area contributed by atoms with E-state index in [1.54, 1.807) is 0 Å². The standard InChI is InChI=1S/C109H64/c1-63-72-27-9-4-22-66(72)58-101-73(63)46-47-89-83(101)37-17-41-93(89)107-75-29-11-5-23-67(75)59-102-81-35-14-32-78(86(81)48-52-96(102)107)79-33-15-36-82-87(79)49-53-97-103(82)60-68-24-6-12-30-76(68)108(97)94-42-18-39-85-90(94)51-55-99-105(85)62-70-26-8-13-31-77(70)109(99)95-43-19-38-84-91(95)50-54-98-104(84)61-69-25-7-10-28-74(69)106(98)92-40-16-34-80-88(92)45-44-71-56-64-20-2-3-21-65(64)57-100(71)80/h2-62H,1H3. The van der Waals surface area contributed by atoms with Gasteiger partial charge in [0.05, 0.1) is 0 Å². The third-order valence-electron chi connectivity index (χ3n) is 24.9. The molecule has 0 radical (unpaired) electrons. The summed E-state index contributed by atoms with van der Waals surface area (Å²) in [6.45, 7) is 2.28. The van der Waals surface area contributed by atoms with Gasteiger partial charge in [0.15, 0.2) is 0 Å². The van der Waals surface area contributed by atoms with Crippen LogP contribution in [0.15, 0.2) is 370 Å². The van der Waals surface area contributed by atoms with Crippen LogP contribution >= 0.6 is 0 Å². The maximum absolute atomic E-state index is 2.46. The monoisotopic (exact) mass is 1370 g/mol. The van der Waals surface area contributed by atoms with Gasteiger partial charge in [-0.3, -0.25) is 0 Å². The molecule has 0 heteroatoms. The molecule has 0 atom stereocenters. The fraction of sp³-hybridized carbons (Fsp3) is 0.00917. The van der Waals surface area contributed by atoms with Crippen molar-refractivity contribution in [3.05, 3.63) is 376 Å². The number of fused-ring (bicyclic) bond motifs is 24. The summed E-state index contributed by atoms with van der Waals surface area (Å²) >= 11 is 0. The van der Waals surface area contributed by atoms with E-state index in [2.05, 4.69) is 377 Å². The molecule has 0 aliphatic heterocycles. The SMILES string of the molecule is Cc1c2ccccc2cc2c1ccc1c(-c3c4ccccc4cc4c3ccc3c(-c5cccc6c5ccc5c(-c7cccc8c7ccc7c(-c9cccc%10c9ccc9c(-c%11cccc%12c%11ccc%11cc%13ccccc%13cc%11%12)c%11ccccc%11cc9%10)c9ccccc9cc78)c7ccccc7cc56)cccc34)cccc12. The van der Waals surface area contributed by atoms with Crippen LogP contribution in [0.3, 0.4) is 0 Å². The summed E-state index contributed by atoms with van der Waals surface area (Å²) in [6, 6.07) is 141. The first-order valence-corrected chi connectivity index (χ1v) is 38.2. The van der Waals surface area contributed by atoms with Gasteiger partial charge in [0.1, 0.15) is 0 Å². The lowest BCUT2D eigenvalue weighted by Gasteiger charge is -2.20. The van der Waals surface area contributed by atoms with Crippen molar-refractivity contribution < 1.29 is 0 Å². The predicted octanol–water partition coefficient (Wildman–Crippen LogP) is 31.1. The molecular weight excluding hydrogens is 1310 g/mol. The molecule has 500 valence electrons. The summed E-state index contributed by atoms with van der Waals surface area (Å²) in [7, 11) is 0. The largest absolute Gasteiger partial charge is 0.0616 e. The van der Waals surface area contributed by atoms with E-state index in [0.29, 0.717) is 0 Å². The van der Waals surface area contributed by atoms with Crippen LogP contribution in [0.5, 0.6) is 0 Å². The molecule has 0 aliphatic rings. The lowest BCUT2D eigenvalue weighted by atomic mass is 9.83. The Hall–Kier alpha value is -14.0. The zero-order valence-corrected chi connectivity index (χ0v) is 59.7. The molecule has 0 aliphatic carbocycles. The molecule has 24 aromatic carbocycles. The first-order chi connectivity index (χ1) is 54.0. The van der Waals surface area contributed by atoms with Gasteiger partial charge in [0, 0.05) is 0 Å². The van der Waals surface area contributed by atoms with Crippen molar-refractivity contribution in [1.82, 2.24) is 0 Å². The Morgan fingerprint density at radius 1 is 0.110 bits per heavy atom. The highest BCUT2D eigenvalue weighted by Crippen LogP contribution is 2.52. The molecule has 0 fully saturated rings. The predicted molar refractivity (Wildman–Crippen MR) is 473 cm³/mol. The van der Waals surface area contributed by atoms with E-state index >= 15 is 0 Å². The summed E-state index contributed by atoms with van der Waals surface area (Å²) in [4.78, 5) is 0. The quantitative estimate of drug-likeness (QED) is 0.119. The van der Waals surface area contributed by atoms with Gasteiger partial charge in [-0.2, -0.15) is 0 Å². The van der Waals surface area contributed by atoms with Crippen molar-refractivity contribution >= 4 is 194 Å². The van der Waals surface area contributed by atoms with Crippen LogP contribution in [0.25, 0.3) is 250 Å². The molecule has 24 rings (SSSR count). The van der Waals surface area contributed by atoms with Crippen LogP contribution in [0, 0.1) is 6.92 Å². The van der Waals surface area contributed by atoms with Crippen LogP contribution in [0.1, 0.15) is 5.56 Å². The molecule has 109 heavy (non-hydrogen) atoms. The van der Waals surface area contributed by atoms with E-state index in [1.165, 1.54) is 255 Å². The third kappa shape index (κ3) is 8.71. The number of benzene rings is 24. The van der Waals surface area contributed by atoms with E-state index in [4.69, 9.17) is 0 Å². The Morgan fingerprint density at radius 3 is 0.670 bits per heavy atom. The maximum Gasteiger partial charge on any atom is -0.00204 e. The van der Waals surface area contributed by atoms with Crippen LogP contribution < -0.4 is 0 Å². The van der Waals surface area contributed by atoms with Gasteiger partial charge < -0.3 is 0 Å². The second-order valence-electron chi connectivity index (χ2n) is 30.3.